The van der Waals surface area contributed by atoms with Crippen LogP contribution in [-0.4, -0.2) is 13.7 Å². The second-order valence-electron chi connectivity index (χ2n) is 3.83. The molecule has 0 amide bonds. The minimum atomic E-state index is 0.116. The maximum atomic E-state index is 6.01. The molecule has 4 heteroatoms. The van der Waals surface area contributed by atoms with Crippen molar-refractivity contribution in [1.82, 2.24) is 5.32 Å². The first kappa shape index (κ1) is 13.4. The van der Waals surface area contributed by atoms with Gasteiger partial charge in [0.25, 0.3) is 0 Å². The van der Waals surface area contributed by atoms with E-state index in [0.29, 0.717) is 6.61 Å². The number of benzene rings is 1. The third-order valence-electron chi connectivity index (χ3n) is 2.70. The summed E-state index contributed by atoms with van der Waals surface area (Å²) in [5.74, 6) is 0.920. The number of nitrogens with one attached hydrogen (secondary N) is 1. The molecule has 1 aromatic heterocycles. The standard InChI is InChI=1S/C14H16ClNOS/c1-3-17-11-7-5-4-6-10(11)14(16-2)12-8-9-13(15)18-12/h4-9,14,16H,3H2,1-2H3. The molecule has 1 heterocycles. The Labute approximate surface area is 117 Å². The molecule has 1 atom stereocenters. The van der Waals surface area contributed by atoms with E-state index in [1.54, 1.807) is 11.3 Å². The van der Waals surface area contributed by atoms with Crippen molar-refractivity contribution in [3.63, 3.8) is 0 Å². The largest absolute Gasteiger partial charge is 0.494 e. The molecule has 2 nitrogen and oxygen atoms in total. The average molecular weight is 282 g/mol. The van der Waals surface area contributed by atoms with Gasteiger partial charge in [-0.2, -0.15) is 0 Å². The van der Waals surface area contributed by atoms with Crippen molar-refractivity contribution in [2.24, 2.45) is 0 Å². The maximum Gasteiger partial charge on any atom is 0.124 e. The van der Waals surface area contributed by atoms with Gasteiger partial charge < -0.3 is 10.1 Å². The number of ether oxygens (including phenoxy) is 1. The van der Waals surface area contributed by atoms with E-state index in [0.717, 1.165) is 15.6 Å². The molecule has 1 unspecified atom stereocenters. The van der Waals surface area contributed by atoms with Crippen molar-refractivity contribution < 1.29 is 4.74 Å². The van der Waals surface area contributed by atoms with Gasteiger partial charge in [-0.25, -0.2) is 0 Å². The van der Waals surface area contributed by atoms with Crippen LogP contribution < -0.4 is 10.1 Å². The van der Waals surface area contributed by atoms with Crippen molar-refractivity contribution in [2.45, 2.75) is 13.0 Å². The molecule has 0 fully saturated rings. The molecule has 0 aliphatic heterocycles. The first-order valence-corrected chi connectivity index (χ1v) is 7.10. The maximum absolute atomic E-state index is 6.01. The zero-order valence-corrected chi connectivity index (χ0v) is 12.0. The van der Waals surface area contributed by atoms with Crippen molar-refractivity contribution >= 4 is 22.9 Å². The predicted molar refractivity (Wildman–Crippen MR) is 77.8 cm³/mol. The van der Waals surface area contributed by atoms with E-state index in [1.807, 2.05) is 38.2 Å². The lowest BCUT2D eigenvalue weighted by atomic mass is 10.0. The summed E-state index contributed by atoms with van der Waals surface area (Å²) in [6, 6.07) is 12.2. The fourth-order valence-corrected chi connectivity index (χ4v) is 3.13. The van der Waals surface area contributed by atoms with Crippen molar-refractivity contribution in [3.05, 3.63) is 51.2 Å². The molecule has 0 aliphatic carbocycles. The van der Waals surface area contributed by atoms with Crippen LogP contribution in [0.2, 0.25) is 4.34 Å². The Balaban J connectivity index is 2.38. The molecule has 1 N–H and O–H groups in total. The molecule has 0 spiro atoms. The van der Waals surface area contributed by atoms with Crippen LogP contribution in [0.4, 0.5) is 0 Å². The molecule has 18 heavy (non-hydrogen) atoms. The zero-order valence-electron chi connectivity index (χ0n) is 10.4. The highest BCUT2D eigenvalue weighted by Gasteiger charge is 2.17. The van der Waals surface area contributed by atoms with Gasteiger partial charge in [-0.15, -0.1) is 11.3 Å². The zero-order chi connectivity index (χ0) is 13.0. The Morgan fingerprint density at radius 3 is 2.67 bits per heavy atom. The minimum Gasteiger partial charge on any atom is -0.494 e. The Morgan fingerprint density at radius 2 is 2.06 bits per heavy atom. The van der Waals surface area contributed by atoms with E-state index in [1.165, 1.54) is 4.88 Å². The van der Waals surface area contributed by atoms with Gasteiger partial charge in [0, 0.05) is 10.4 Å². The molecular formula is C14H16ClNOS. The molecule has 0 saturated heterocycles. The van der Waals surface area contributed by atoms with Crippen LogP contribution >= 0.6 is 22.9 Å². The fraction of sp³-hybridized carbons (Fsp3) is 0.286. The van der Waals surface area contributed by atoms with Crippen molar-refractivity contribution in [2.75, 3.05) is 13.7 Å². The molecule has 2 aromatic rings. The highest BCUT2D eigenvalue weighted by atomic mass is 35.5. The molecule has 0 radical (unpaired) electrons. The van der Waals surface area contributed by atoms with E-state index in [4.69, 9.17) is 16.3 Å². The molecular weight excluding hydrogens is 266 g/mol. The number of hydrogen-bond donors (Lipinski definition) is 1. The smallest absolute Gasteiger partial charge is 0.124 e. The quantitative estimate of drug-likeness (QED) is 0.890. The third-order valence-corrected chi connectivity index (χ3v) is 3.99. The summed E-state index contributed by atoms with van der Waals surface area (Å²) in [6.45, 7) is 2.66. The van der Waals surface area contributed by atoms with Crippen LogP contribution in [0.15, 0.2) is 36.4 Å². The van der Waals surface area contributed by atoms with Crippen LogP contribution in [0, 0.1) is 0 Å². The van der Waals surface area contributed by atoms with E-state index in [9.17, 15) is 0 Å². The summed E-state index contributed by atoms with van der Waals surface area (Å²) in [7, 11) is 1.95. The molecule has 96 valence electrons. The minimum absolute atomic E-state index is 0.116. The van der Waals surface area contributed by atoms with Gasteiger partial charge in [-0.05, 0) is 32.2 Å². The second kappa shape index (κ2) is 6.23. The topological polar surface area (TPSA) is 21.3 Å². The lowest BCUT2D eigenvalue weighted by Crippen LogP contribution is -2.17. The summed E-state index contributed by atoms with van der Waals surface area (Å²) >= 11 is 7.60. The Hall–Kier alpha value is -1.03. The van der Waals surface area contributed by atoms with Crippen LogP contribution in [0.5, 0.6) is 5.75 Å². The lowest BCUT2D eigenvalue weighted by molar-refractivity contribution is 0.334. The second-order valence-corrected chi connectivity index (χ2v) is 5.58. The number of rotatable bonds is 5. The summed E-state index contributed by atoms with van der Waals surface area (Å²) in [5.41, 5.74) is 1.14. The van der Waals surface area contributed by atoms with Gasteiger partial charge in [0.1, 0.15) is 5.75 Å². The van der Waals surface area contributed by atoms with Crippen LogP contribution in [0.1, 0.15) is 23.4 Å². The van der Waals surface area contributed by atoms with Crippen LogP contribution in [-0.2, 0) is 0 Å². The number of thiophene rings is 1. The lowest BCUT2D eigenvalue weighted by Gasteiger charge is -2.18. The van der Waals surface area contributed by atoms with E-state index >= 15 is 0 Å². The van der Waals surface area contributed by atoms with E-state index in [-0.39, 0.29) is 6.04 Å². The van der Waals surface area contributed by atoms with Gasteiger partial charge in [-0.3, -0.25) is 0 Å². The van der Waals surface area contributed by atoms with Gasteiger partial charge in [0.15, 0.2) is 0 Å². The first-order chi connectivity index (χ1) is 8.76. The summed E-state index contributed by atoms with van der Waals surface area (Å²) in [5, 5.41) is 3.32. The highest BCUT2D eigenvalue weighted by molar-refractivity contribution is 7.16. The molecule has 0 bridgehead atoms. The normalized spacial score (nSPS) is 12.4. The summed E-state index contributed by atoms with van der Waals surface area (Å²) in [4.78, 5) is 1.19. The average Bonchev–Trinajstić information content (AvgIpc) is 2.79. The SMILES string of the molecule is CCOc1ccccc1C(NC)c1ccc(Cl)s1. The summed E-state index contributed by atoms with van der Waals surface area (Å²) < 4.78 is 6.48. The van der Waals surface area contributed by atoms with Crippen LogP contribution in [0.25, 0.3) is 0 Å². The molecule has 0 aliphatic rings. The van der Waals surface area contributed by atoms with Crippen LogP contribution in [0.3, 0.4) is 0 Å². The first-order valence-electron chi connectivity index (χ1n) is 5.90. The molecule has 1 aromatic carbocycles. The van der Waals surface area contributed by atoms with Gasteiger partial charge in [0.05, 0.1) is 17.0 Å². The van der Waals surface area contributed by atoms with Gasteiger partial charge >= 0.3 is 0 Å². The van der Waals surface area contributed by atoms with Gasteiger partial charge in [0.2, 0.25) is 0 Å². The highest BCUT2D eigenvalue weighted by Crippen LogP contribution is 2.34. The Morgan fingerprint density at radius 1 is 1.28 bits per heavy atom. The van der Waals surface area contributed by atoms with E-state index < -0.39 is 0 Å². The monoisotopic (exact) mass is 281 g/mol. The molecule has 2 rings (SSSR count). The van der Waals surface area contributed by atoms with Crippen molar-refractivity contribution in [3.8, 4) is 5.75 Å². The van der Waals surface area contributed by atoms with Gasteiger partial charge in [-0.1, -0.05) is 29.8 Å². The number of halogens is 1. The molecule has 0 saturated carbocycles. The number of hydrogen-bond acceptors (Lipinski definition) is 3. The number of para-hydroxylation sites is 1. The Kier molecular flexibility index (Phi) is 4.64. The van der Waals surface area contributed by atoms with Crippen molar-refractivity contribution in [1.29, 1.82) is 0 Å². The predicted octanol–water partition coefficient (Wildman–Crippen LogP) is 4.11. The van der Waals surface area contributed by atoms with E-state index in [2.05, 4.69) is 17.4 Å². The Bertz CT molecular complexity index is 512. The summed E-state index contributed by atoms with van der Waals surface area (Å²) in [6.07, 6.45) is 0. The third kappa shape index (κ3) is 2.86. The fourth-order valence-electron chi connectivity index (χ4n) is 1.94.